The van der Waals surface area contributed by atoms with E-state index in [0.717, 1.165) is 0 Å². The Morgan fingerprint density at radius 1 is 1.67 bits per heavy atom. The van der Waals surface area contributed by atoms with Crippen molar-refractivity contribution in [1.29, 1.82) is 0 Å². The summed E-state index contributed by atoms with van der Waals surface area (Å²) in [6, 6.07) is 0. The minimum Gasteiger partial charge on any atom is -0.506 e. The zero-order valence-corrected chi connectivity index (χ0v) is 8.86. The van der Waals surface area contributed by atoms with Crippen molar-refractivity contribution in [2.75, 3.05) is 0 Å². The first-order valence-electron chi connectivity index (χ1n) is 4.12. The second kappa shape index (κ2) is 4.67. The number of aliphatic hydroxyl groups excluding tert-OH is 1. The first-order chi connectivity index (χ1) is 6.99. The first kappa shape index (κ1) is 12.1. The molecule has 0 aliphatic rings. The van der Waals surface area contributed by atoms with E-state index >= 15 is 0 Å². The van der Waals surface area contributed by atoms with Gasteiger partial charge in [0.25, 0.3) is 0 Å². The summed E-state index contributed by atoms with van der Waals surface area (Å²) in [6.07, 6.45) is 1.32. The molecule has 1 rings (SSSR count). The molecule has 84 valence electrons. The summed E-state index contributed by atoms with van der Waals surface area (Å²) in [4.78, 5) is 3.81. The molecule has 1 aromatic rings. The maximum atomic E-state index is 10.8. The molecule has 15 heavy (non-hydrogen) atoms. The number of aliphatic hydroxyl groups is 1. The van der Waals surface area contributed by atoms with Crippen molar-refractivity contribution in [3.63, 3.8) is 0 Å². The Kier molecular flexibility index (Phi) is 3.75. The van der Waals surface area contributed by atoms with Gasteiger partial charge >= 0.3 is 0 Å². The Bertz CT molecular complexity index is 396. The number of pyridine rings is 1. The number of aromatic nitrogens is 1. The normalized spacial score (nSPS) is 14.9. The van der Waals surface area contributed by atoms with Crippen molar-refractivity contribution >= 4 is 11.1 Å². The highest BCUT2D eigenvalue weighted by Gasteiger charge is 2.21. The summed E-state index contributed by atoms with van der Waals surface area (Å²) < 4.78 is 19.6. The third kappa shape index (κ3) is 2.32. The van der Waals surface area contributed by atoms with Crippen LogP contribution in [0.15, 0.2) is 6.20 Å². The third-order valence-electron chi connectivity index (χ3n) is 2.03. The van der Waals surface area contributed by atoms with Crippen molar-refractivity contribution in [3.05, 3.63) is 23.0 Å². The number of rotatable bonds is 3. The van der Waals surface area contributed by atoms with E-state index in [1.807, 2.05) is 0 Å². The van der Waals surface area contributed by atoms with Gasteiger partial charge < -0.3 is 20.5 Å². The molecule has 0 bridgehead atoms. The van der Waals surface area contributed by atoms with Crippen LogP contribution in [0.2, 0.25) is 0 Å². The fourth-order valence-corrected chi connectivity index (χ4v) is 1.66. The minimum absolute atomic E-state index is 0.0610. The number of aromatic hydroxyl groups is 1. The second-order valence-corrected chi connectivity index (χ2v) is 4.05. The SMILES string of the molecule is Cc1ncc(CO)c(C(N)S(=O)O)c1O. The smallest absolute Gasteiger partial charge is 0.175 e. The average molecular weight is 232 g/mol. The van der Waals surface area contributed by atoms with Crippen LogP contribution in [0.4, 0.5) is 0 Å². The van der Waals surface area contributed by atoms with Crippen LogP contribution in [0, 0.1) is 6.92 Å². The largest absolute Gasteiger partial charge is 0.506 e. The van der Waals surface area contributed by atoms with Crippen LogP contribution in [-0.4, -0.2) is 24.0 Å². The number of nitrogens with zero attached hydrogens (tertiary/aromatic N) is 1. The molecule has 0 amide bonds. The topological polar surface area (TPSA) is 117 Å². The molecule has 0 saturated heterocycles. The van der Waals surface area contributed by atoms with Crippen LogP contribution < -0.4 is 5.73 Å². The standard InChI is InChI=1S/C8H12N2O4S/c1-4-7(12)6(8(9)15(13)14)5(3-11)2-10-4/h2,8,11-12H,3,9H2,1H3,(H,13,14). The lowest BCUT2D eigenvalue weighted by atomic mass is 10.1. The molecule has 0 aliphatic carbocycles. The monoisotopic (exact) mass is 232 g/mol. The molecule has 1 aromatic heterocycles. The summed E-state index contributed by atoms with van der Waals surface area (Å²) in [5.74, 6) is -0.253. The Morgan fingerprint density at radius 2 is 2.27 bits per heavy atom. The van der Waals surface area contributed by atoms with Gasteiger partial charge in [-0.2, -0.15) is 0 Å². The Morgan fingerprint density at radius 3 is 2.73 bits per heavy atom. The van der Waals surface area contributed by atoms with Gasteiger partial charge in [-0.25, -0.2) is 4.21 Å². The Hall–Kier alpha value is -1.02. The Labute approximate surface area is 89.1 Å². The first-order valence-corrected chi connectivity index (χ1v) is 5.29. The van der Waals surface area contributed by atoms with E-state index in [1.165, 1.54) is 13.1 Å². The van der Waals surface area contributed by atoms with Crippen molar-refractivity contribution in [2.45, 2.75) is 18.9 Å². The van der Waals surface area contributed by atoms with Crippen LogP contribution >= 0.6 is 0 Å². The van der Waals surface area contributed by atoms with Gasteiger partial charge in [-0.1, -0.05) is 0 Å². The van der Waals surface area contributed by atoms with Gasteiger partial charge in [0.1, 0.15) is 11.1 Å². The van der Waals surface area contributed by atoms with Gasteiger partial charge in [0.05, 0.1) is 12.3 Å². The molecule has 0 spiro atoms. The molecule has 0 aromatic carbocycles. The second-order valence-electron chi connectivity index (χ2n) is 2.99. The van der Waals surface area contributed by atoms with Gasteiger partial charge in [-0.15, -0.1) is 0 Å². The van der Waals surface area contributed by atoms with E-state index in [2.05, 4.69) is 4.98 Å². The number of nitrogens with two attached hydrogens (primary N) is 1. The molecule has 7 heteroatoms. The van der Waals surface area contributed by atoms with E-state index < -0.39 is 23.1 Å². The lowest BCUT2D eigenvalue weighted by Gasteiger charge is -2.14. The van der Waals surface area contributed by atoms with E-state index in [9.17, 15) is 9.32 Å². The molecule has 0 fully saturated rings. The lowest BCUT2D eigenvalue weighted by molar-refractivity contribution is 0.278. The van der Waals surface area contributed by atoms with Crippen LogP contribution in [0.1, 0.15) is 22.2 Å². The van der Waals surface area contributed by atoms with Crippen molar-refractivity contribution in [2.24, 2.45) is 5.73 Å². The molecule has 0 radical (unpaired) electrons. The summed E-state index contributed by atoms with van der Waals surface area (Å²) >= 11 is -2.31. The van der Waals surface area contributed by atoms with Gasteiger partial charge in [0.15, 0.2) is 11.1 Å². The molecule has 6 nitrogen and oxygen atoms in total. The van der Waals surface area contributed by atoms with Crippen molar-refractivity contribution in [3.8, 4) is 5.75 Å². The molecule has 5 N–H and O–H groups in total. The summed E-state index contributed by atoms with van der Waals surface area (Å²) in [6.45, 7) is 1.13. The summed E-state index contributed by atoms with van der Waals surface area (Å²) in [7, 11) is 0. The molecule has 0 aliphatic heterocycles. The molecule has 1 heterocycles. The van der Waals surface area contributed by atoms with Crippen LogP contribution in [0.25, 0.3) is 0 Å². The van der Waals surface area contributed by atoms with E-state index in [4.69, 9.17) is 15.4 Å². The lowest BCUT2D eigenvalue weighted by Crippen LogP contribution is -2.18. The third-order valence-corrected chi connectivity index (χ3v) is 2.70. The molecule has 2 atom stereocenters. The number of hydrogen-bond donors (Lipinski definition) is 4. The zero-order valence-electron chi connectivity index (χ0n) is 8.04. The maximum Gasteiger partial charge on any atom is 0.175 e. The highest BCUT2D eigenvalue weighted by molar-refractivity contribution is 7.79. The van der Waals surface area contributed by atoms with Crippen LogP contribution in [0.5, 0.6) is 5.75 Å². The van der Waals surface area contributed by atoms with Crippen molar-refractivity contribution in [1.82, 2.24) is 4.98 Å². The minimum atomic E-state index is -2.31. The van der Waals surface area contributed by atoms with Gasteiger partial charge in [0, 0.05) is 17.3 Å². The predicted octanol–water partition coefficient (Wildman–Crippen LogP) is -0.233. The number of aryl methyl sites for hydroxylation is 1. The highest BCUT2D eigenvalue weighted by Crippen LogP contribution is 2.29. The number of hydrogen-bond acceptors (Lipinski definition) is 5. The molecule has 0 saturated carbocycles. The van der Waals surface area contributed by atoms with E-state index in [0.29, 0.717) is 5.69 Å². The predicted molar refractivity (Wildman–Crippen MR) is 54.3 cm³/mol. The molecule has 2 unspecified atom stereocenters. The van der Waals surface area contributed by atoms with E-state index in [-0.39, 0.29) is 16.9 Å². The summed E-state index contributed by atoms with van der Waals surface area (Å²) in [5, 5.41) is 17.4. The Balaban J connectivity index is 3.35. The summed E-state index contributed by atoms with van der Waals surface area (Å²) in [5.41, 5.74) is 6.03. The highest BCUT2D eigenvalue weighted by atomic mass is 32.2. The average Bonchev–Trinajstić information content (AvgIpc) is 2.20. The zero-order chi connectivity index (χ0) is 11.6. The van der Waals surface area contributed by atoms with Crippen LogP contribution in [-0.2, 0) is 17.7 Å². The maximum absolute atomic E-state index is 10.8. The van der Waals surface area contributed by atoms with Crippen molar-refractivity contribution < 1.29 is 19.0 Å². The quantitative estimate of drug-likeness (QED) is 0.535. The van der Waals surface area contributed by atoms with Gasteiger partial charge in [-0.3, -0.25) is 4.98 Å². The van der Waals surface area contributed by atoms with E-state index in [1.54, 1.807) is 0 Å². The fraction of sp³-hybridized carbons (Fsp3) is 0.375. The van der Waals surface area contributed by atoms with Gasteiger partial charge in [-0.05, 0) is 6.92 Å². The van der Waals surface area contributed by atoms with Gasteiger partial charge in [0.2, 0.25) is 0 Å². The van der Waals surface area contributed by atoms with Crippen LogP contribution in [0.3, 0.4) is 0 Å². The molecular weight excluding hydrogens is 220 g/mol. The molecular formula is C8H12N2O4S. The fourth-order valence-electron chi connectivity index (χ4n) is 1.20.